The highest BCUT2D eigenvalue weighted by Crippen LogP contribution is 2.17. The predicted molar refractivity (Wildman–Crippen MR) is 92.4 cm³/mol. The van der Waals surface area contributed by atoms with Crippen molar-refractivity contribution in [3.63, 3.8) is 0 Å². The Bertz CT molecular complexity index is 709. The fraction of sp³-hybridized carbons (Fsp3) is 0.389. The first kappa shape index (κ1) is 16.2. The average molecular weight is 326 g/mol. The summed E-state index contributed by atoms with van der Waals surface area (Å²) in [5.41, 5.74) is 2.23. The Morgan fingerprint density at radius 2 is 1.92 bits per heavy atom. The third-order valence-electron chi connectivity index (χ3n) is 4.08. The summed E-state index contributed by atoms with van der Waals surface area (Å²) in [7, 11) is 1.63. The van der Waals surface area contributed by atoms with Gasteiger partial charge in [0, 0.05) is 25.3 Å². The fourth-order valence-corrected chi connectivity index (χ4v) is 2.74. The molecule has 1 aromatic carbocycles. The van der Waals surface area contributed by atoms with Crippen LogP contribution in [-0.4, -0.2) is 36.1 Å². The van der Waals surface area contributed by atoms with Crippen molar-refractivity contribution >= 4 is 11.9 Å². The maximum Gasteiger partial charge on any atom is 0.270 e. The zero-order valence-electron chi connectivity index (χ0n) is 14.1. The largest absolute Gasteiger partial charge is 0.497 e. The van der Waals surface area contributed by atoms with Gasteiger partial charge in [0.25, 0.3) is 5.91 Å². The topological polar surface area (TPSA) is 67.3 Å². The predicted octanol–water partition coefficient (Wildman–Crippen LogP) is 2.32. The van der Waals surface area contributed by atoms with Gasteiger partial charge in [-0.05, 0) is 43.5 Å². The van der Waals surface area contributed by atoms with Crippen LogP contribution in [0.3, 0.4) is 0 Å². The number of ether oxygens (including phenoxy) is 1. The lowest BCUT2D eigenvalue weighted by Crippen LogP contribution is -2.26. The third kappa shape index (κ3) is 3.82. The maximum absolute atomic E-state index is 12.4. The Morgan fingerprint density at radius 1 is 1.21 bits per heavy atom. The van der Waals surface area contributed by atoms with E-state index in [4.69, 9.17) is 4.74 Å². The highest BCUT2D eigenvalue weighted by molar-refractivity contribution is 5.92. The van der Waals surface area contributed by atoms with Gasteiger partial charge in [0.2, 0.25) is 5.95 Å². The van der Waals surface area contributed by atoms with Crippen molar-refractivity contribution < 1.29 is 9.53 Å². The molecule has 1 fully saturated rings. The van der Waals surface area contributed by atoms with Crippen LogP contribution in [0.2, 0.25) is 0 Å². The summed E-state index contributed by atoms with van der Waals surface area (Å²) in [4.78, 5) is 23.4. The van der Waals surface area contributed by atoms with Crippen molar-refractivity contribution in [1.29, 1.82) is 0 Å². The van der Waals surface area contributed by atoms with Gasteiger partial charge in [-0.2, -0.15) is 0 Å². The Kier molecular flexibility index (Phi) is 4.93. The van der Waals surface area contributed by atoms with Crippen molar-refractivity contribution in [3.8, 4) is 5.75 Å². The van der Waals surface area contributed by atoms with Crippen LogP contribution in [-0.2, 0) is 6.54 Å². The lowest BCUT2D eigenvalue weighted by atomic mass is 10.2. The van der Waals surface area contributed by atoms with E-state index in [2.05, 4.69) is 20.2 Å². The second-order valence-corrected chi connectivity index (χ2v) is 5.92. The second-order valence-electron chi connectivity index (χ2n) is 5.92. The van der Waals surface area contributed by atoms with Gasteiger partial charge >= 0.3 is 0 Å². The normalized spacial score (nSPS) is 13.8. The molecule has 6 heteroatoms. The lowest BCUT2D eigenvalue weighted by molar-refractivity contribution is 0.0945. The number of amides is 1. The highest BCUT2D eigenvalue weighted by atomic mass is 16.5. The summed E-state index contributed by atoms with van der Waals surface area (Å²) in [5, 5.41) is 2.91. The standard InChI is InChI=1S/C18H22N4O2/c1-13-11-16(21-18(20-13)22-9-3-4-10-22)17(23)19-12-14-5-7-15(24-2)8-6-14/h5-8,11H,3-4,9-10,12H2,1-2H3,(H,19,23). The summed E-state index contributed by atoms with van der Waals surface area (Å²) < 4.78 is 5.13. The minimum absolute atomic E-state index is 0.184. The van der Waals surface area contributed by atoms with E-state index in [0.717, 1.165) is 42.9 Å². The molecule has 0 aliphatic carbocycles. The van der Waals surface area contributed by atoms with Crippen molar-refractivity contribution in [2.75, 3.05) is 25.1 Å². The number of hydrogen-bond acceptors (Lipinski definition) is 5. The average Bonchev–Trinajstić information content (AvgIpc) is 3.14. The molecule has 6 nitrogen and oxygen atoms in total. The van der Waals surface area contributed by atoms with Crippen LogP contribution < -0.4 is 15.0 Å². The zero-order chi connectivity index (χ0) is 16.9. The number of nitrogens with one attached hydrogen (secondary N) is 1. The first-order valence-corrected chi connectivity index (χ1v) is 8.17. The molecular formula is C18H22N4O2. The molecule has 0 radical (unpaired) electrons. The quantitative estimate of drug-likeness (QED) is 0.913. The number of carbonyl (C=O) groups is 1. The number of nitrogens with zero attached hydrogens (tertiary/aromatic N) is 3. The summed E-state index contributed by atoms with van der Waals surface area (Å²) in [6.07, 6.45) is 2.30. The first-order valence-electron chi connectivity index (χ1n) is 8.17. The monoisotopic (exact) mass is 326 g/mol. The van der Waals surface area contributed by atoms with Gasteiger partial charge in [-0.3, -0.25) is 4.79 Å². The van der Waals surface area contributed by atoms with Gasteiger partial charge in [0.15, 0.2) is 0 Å². The number of carbonyl (C=O) groups excluding carboxylic acids is 1. The van der Waals surface area contributed by atoms with E-state index in [1.165, 1.54) is 0 Å². The van der Waals surface area contributed by atoms with Crippen LogP contribution >= 0.6 is 0 Å². The van der Waals surface area contributed by atoms with Gasteiger partial charge in [0.1, 0.15) is 11.4 Å². The van der Waals surface area contributed by atoms with Crippen LogP contribution in [0.4, 0.5) is 5.95 Å². The van der Waals surface area contributed by atoms with E-state index in [1.807, 2.05) is 31.2 Å². The molecule has 1 saturated heterocycles. The maximum atomic E-state index is 12.4. The molecule has 126 valence electrons. The molecule has 0 bridgehead atoms. The minimum Gasteiger partial charge on any atom is -0.497 e. The van der Waals surface area contributed by atoms with Crippen LogP contribution in [0.25, 0.3) is 0 Å². The first-order chi connectivity index (χ1) is 11.7. The van der Waals surface area contributed by atoms with Crippen molar-refractivity contribution in [1.82, 2.24) is 15.3 Å². The lowest BCUT2D eigenvalue weighted by Gasteiger charge is -2.16. The molecule has 1 aliphatic rings. The Morgan fingerprint density at radius 3 is 2.58 bits per heavy atom. The number of benzene rings is 1. The summed E-state index contributed by atoms with van der Waals surface area (Å²) >= 11 is 0. The van der Waals surface area contributed by atoms with Crippen LogP contribution in [0, 0.1) is 6.92 Å². The van der Waals surface area contributed by atoms with E-state index in [0.29, 0.717) is 18.2 Å². The Balaban J connectivity index is 1.67. The van der Waals surface area contributed by atoms with Gasteiger partial charge in [-0.15, -0.1) is 0 Å². The molecule has 3 rings (SSSR count). The highest BCUT2D eigenvalue weighted by Gasteiger charge is 2.18. The molecule has 2 aromatic rings. The zero-order valence-corrected chi connectivity index (χ0v) is 14.1. The molecule has 1 aliphatic heterocycles. The molecule has 0 unspecified atom stereocenters. The molecule has 0 atom stereocenters. The summed E-state index contributed by atoms with van der Waals surface area (Å²) in [6, 6.07) is 9.34. The van der Waals surface area contributed by atoms with E-state index >= 15 is 0 Å². The number of methoxy groups -OCH3 is 1. The minimum atomic E-state index is -0.184. The number of anilines is 1. The molecule has 24 heavy (non-hydrogen) atoms. The van der Waals surface area contributed by atoms with Crippen LogP contribution in [0.1, 0.15) is 34.6 Å². The molecule has 1 aromatic heterocycles. The van der Waals surface area contributed by atoms with Gasteiger partial charge in [-0.1, -0.05) is 12.1 Å². The Labute approximate surface area is 141 Å². The number of aromatic nitrogens is 2. The van der Waals surface area contributed by atoms with Crippen molar-refractivity contribution in [2.24, 2.45) is 0 Å². The number of aryl methyl sites for hydroxylation is 1. The molecule has 0 spiro atoms. The van der Waals surface area contributed by atoms with E-state index in [-0.39, 0.29) is 5.91 Å². The number of rotatable bonds is 5. The Hall–Kier alpha value is -2.63. The second kappa shape index (κ2) is 7.29. The van der Waals surface area contributed by atoms with Crippen LogP contribution in [0.15, 0.2) is 30.3 Å². The van der Waals surface area contributed by atoms with Gasteiger partial charge in [0.05, 0.1) is 7.11 Å². The fourth-order valence-electron chi connectivity index (χ4n) is 2.74. The van der Waals surface area contributed by atoms with Crippen molar-refractivity contribution in [3.05, 3.63) is 47.3 Å². The molecular weight excluding hydrogens is 304 g/mol. The van der Waals surface area contributed by atoms with E-state index in [1.54, 1.807) is 13.2 Å². The molecule has 1 N–H and O–H groups in total. The summed E-state index contributed by atoms with van der Waals surface area (Å²) in [6.45, 7) is 4.25. The number of hydrogen-bond donors (Lipinski definition) is 1. The van der Waals surface area contributed by atoms with E-state index < -0.39 is 0 Å². The van der Waals surface area contributed by atoms with Gasteiger partial charge in [-0.25, -0.2) is 9.97 Å². The van der Waals surface area contributed by atoms with Gasteiger partial charge < -0.3 is 15.0 Å². The molecule has 2 heterocycles. The third-order valence-corrected chi connectivity index (χ3v) is 4.08. The SMILES string of the molecule is COc1ccc(CNC(=O)c2cc(C)nc(N3CCCC3)n2)cc1. The van der Waals surface area contributed by atoms with E-state index in [9.17, 15) is 4.79 Å². The summed E-state index contributed by atoms with van der Waals surface area (Å²) in [5.74, 6) is 1.27. The van der Waals surface area contributed by atoms with Crippen molar-refractivity contribution in [2.45, 2.75) is 26.3 Å². The molecule has 0 saturated carbocycles. The van der Waals surface area contributed by atoms with Crippen LogP contribution in [0.5, 0.6) is 5.75 Å². The smallest absolute Gasteiger partial charge is 0.270 e. The molecule has 1 amide bonds.